The van der Waals surface area contributed by atoms with E-state index in [2.05, 4.69) is 21.2 Å². The number of nitrogens with two attached hydrogens (primary N) is 1. The van der Waals surface area contributed by atoms with E-state index >= 15 is 0 Å². The van der Waals surface area contributed by atoms with Crippen LogP contribution >= 0.6 is 28.3 Å². The van der Waals surface area contributed by atoms with Gasteiger partial charge in [-0.15, -0.1) is 12.4 Å². The summed E-state index contributed by atoms with van der Waals surface area (Å²) in [6.45, 7) is 3.98. The molecule has 0 spiro atoms. The Morgan fingerprint density at radius 2 is 2.15 bits per heavy atom. The molecule has 3 N–H and O–H groups in total. The fourth-order valence-electron chi connectivity index (χ4n) is 2.75. The molecule has 1 saturated carbocycles. The predicted octanol–water partition coefficient (Wildman–Crippen LogP) is 4.03. The van der Waals surface area contributed by atoms with E-state index in [1.54, 1.807) is 0 Å². The van der Waals surface area contributed by atoms with Crippen LogP contribution in [0.2, 0.25) is 0 Å². The summed E-state index contributed by atoms with van der Waals surface area (Å²) in [5.74, 6) is -0.0504. The van der Waals surface area contributed by atoms with Crippen LogP contribution in [0.3, 0.4) is 0 Å². The molecule has 112 valence electrons. The minimum absolute atomic E-state index is 0. The Morgan fingerprint density at radius 1 is 1.45 bits per heavy atom. The van der Waals surface area contributed by atoms with Crippen molar-refractivity contribution in [2.45, 2.75) is 45.1 Å². The number of carbonyl (C=O) groups excluding carboxylic acids is 1. The summed E-state index contributed by atoms with van der Waals surface area (Å²) in [6.07, 6.45) is 4.00. The third-order valence-electron chi connectivity index (χ3n) is 4.10. The van der Waals surface area contributed by atoms with Gasteiger partial charge in [0.1, 0.15) is 0 Å². The molecule has 2 atom stereocenters. The van der Waals surface area contributed by atoms with Crippen LogP contribution in [0.4, 0.5) is 5.69 Å². The summed E-state index contributed by atoms with van der Waals surface area (Å²) in [4.78, 5) is 12.4. The van der Waals surface area contributed by atoms with Gasteiger partial charge in [0.25, 0.3) is 0 Å². The van der Waals surface area contributed by atoms with E-state index in [9.17, 15) is 4.79 Å². The van der Waals surface area contributed by atoms with Crippen LogP contribution in [0.15, 0.2) is 22.7 Å². The maximum atomic E-state index is 12.4. The summed E-state index contributed by atoms with van der Waals surface area (Å²) >= 11 is 3.48. The highest BCUT2D eigenvalue weighted by molar-refractivity contribution is 9.10. The van der Waals surface area contributed by atoms with Crippen LogP contribution in [0.25, 0.3) is 0 Å². The van der Waals surface area contributed by atoms with Crippen molar-refractivity contribution in [2.75, 3.05) is 5.32 Å². The van der Waals surface area contributed by atoms with Crippen molar-refractivity contribution in [3.8, 4) is 0 Å². The summed E-state index contributed by atoms with van der Waals surface area (Å²) < 4.78 is 1.00. The number of rotatable bonds is 2. The van der Waals surface area contributed by atoms with Gasteiger partial charge in [-0.2, -0.15) is 0 Å². The second-order valence-electron chi connectivity index (χ2n) is 5.71. The Balaban J connectivity index is 0.00000200. The number of carbonyl (C=O) groups is 1. The van der Waals surface area contributed by atoms with Crippen LogP contribution in [0.1, 0.15) is 38.2 Å². The minimum Gasteiger partial charge on any atom is -0.326 e. The molecule has 1 aromatic carbocycles. The van der Waals surface area contributed by atoms with Gasteiger partial charge in [0.15, 0.2) is 0 Å². The molecule has 2 rings (SSSR count). The molecular weight excluding hydrogens is 340 g/mol. The Hall–Kier alpha value is -0.580. The normalized spacial score (nSPS) is 25.7. The monoisotopic (exact) mass is 360 g/mol. The minimum atomic E-state index is -0.387. The Kier molecular flexibility index (Phi) is 6.05. The molecule has 1 aliphatic rings. The molecule has 0 aromatic heterocycles. The first kappa shape index (κ1) is 17.5. The van der Waals surface area contributed by atoms with Crippen molar-refractivity contribution in [1.29, 1.82) is 0 Å². The van der Waals surface area contributed by atoms with E-state index < -0.39 is 0 Å². The van der Waals surface area contributed by atoms with Gasteiger partial charge in [-0.05, 0) is 44.4 Å². The van der Waals surface area contributed by atoms with Crippen LogP contribution in [-0.4, -0.2) is 11.4 Å². The molecule has 3 nitrogen and oxygen atoms in total. The first-order valence-corrected chi connectivity index (χ1v) is 7.56. The number of hydrogen-bond donors (Lipinski definition) is 2. The van der Waals surface area contributed by atoms with E-state index in [0.717, 1.165) is 41.4 Å². The van der Waals surface area contributed by atoms with Gasteiger partial charge in [-0.25, -0.2) is 0 Å². The molecule has 0 aliphatic heterocycles. The van der Waals surface area contributed by atoms with E-state index in [1.165, 1.54) is 0 Å². The Bertz CT molecular complexity index is 491. The lowest BCUT2D eigenvalue weighted by molar-refractivity contribution is -0.122. The number of hydrogen-bond acceptors (Lipinski definition) is 2. The zero-order chi connectivity index (χ0) is 14.0. The van der Waals surface area contributed by atoms with E-state index in [4.69, 9.17) is 5.73 Å². The predicted molar refractivity (Wildman–Crippen MR) is 89.3 cm³/mol. The summed E-state index contributed by atoms with van der Waals surface area (Å²) in [7, 11) is 0. The van der Waals surface area contributed by atoms with Gasteiger partial charge >= 0.3 is 0 Å². The Morgan fingerprint density at radius 3 is 2.80 bits per heavy atom. The first-order valence-electron chi connectivity index (χ1n) is 6.76. The highest BCUT2D eigenvalue weighted by atomic mass is 79.9. The fraction of sp³-hybridized carbons (Fsp3) is 0.533. The molecule has 0 radical (unpaired) electrons. The lowest BCUT2D eigenvalue weighted by atomic mass is 9.74. The van der Waals surface area contributed by atoms with Crippen molar-refractivity contribution >= 4 is 39.9 Å². The van der Waals surface area contributed by atoms with Crippen LogP contribution in [0, 0.1) is 12.8 Å². The van der Waals surface area contributed by atoms with Gasteiger partial charge in [-0.3, -0.25) is 4.79 Å². The molecule has 5 heteroatoms. The maximum absolute atomic E-state index is 12.4. The summed E-state index contributed by atoms with van der Waals surface area (Å²) in [5, 5.41) is 3.03. The highest BCUT2D eigenvalue weighted by Gasteiger charge is 2.37. The lowest BCUT2D eigenvalue weighted by Crippen LogP contribution is -2.51. The third kappa shape index (κ3) is 3.74. The molecule has 1 fully saturated rings. The number of amides is 1. The zero-order valence-corrected chi connectivity index (χ0v) is 14.3. The molecule has 1 aromatic rings. The molecule has 0 bridgehead atoms. The number of nitrogens with one attached hydrogen (secondary N) is 1. The summed E-state index contributed by atoms with van der Waals surface area (Å²) in [6, 6.07) is 5.82. The molecule has 2 unspecified atom stereocenters. The maximum Gasteiger partial charge on any atom is 0.229 e. The van der Waals surface area contributed by atoms with Gasteiger partial charge < -0.3 is 11.1 Å². The van der Waals surface area contributed by atoms with Crippen molar-refractivity contribution in [3.05, 3.63) is 28.2 Å². The smallest absolute Gasteiger partial charge is 0.229 e. The largest absolute Gasteiger partial charge is 0.326 e. The number of anilines is 1. The highest BCUT2D eigenvalue weighted by Crippen LogP contribution is 2.33. The molecule has 1 aliphatic carbocycles. The van der Waals surface area contributed by atoms with Gasteiger partial charge in [-0.1, -0.05) is 34.8 Å². The second-order valence-corrected chi connectivity index (χ2v) is 6.56. The lowest BCUT2D eigenvalue weighted by Gasteiger charge is -2.37. The molecule has 0 heterocycles. The van der Waals surface area contributed by atoms with Gasteiger partial charge in [0, 0.05) is 15.7 Å². The van der Waals surface area contributed by atoms with E-state index in [-0.39, 0.29) is 29.8 Å². The quantitative estimate of drug-likeness (QED) is 0.835. The first-order chi connectivity index (χ1) is 8.92. The molecule has 1 amide bonds. The van der Waals surface area contributed by atoms with Gasteiger partial charge in [0.05, 0.1) is 5.92 Å². The van der Waals surface area contributed by atoms with Crippen molar-refractivity contribution < 1.29 is 4.79 Å². The third-order valence-corrected chi connectivity index (χ3v) is 4.96. The van der Waals surface area contributed by atoms with Crippen molar-refractivity contribution in [2.24, 2.45) is 11.7 Å². The molecular formula is C15H22BrClN2O. The topological polar surface area (TPSA) is 55.1 Å². The molecule has 20 heavy (non-hydrogen) atoms. The van der Waals surface area contributed by atoms with Crippen molar-refractivity contribution in [1.82, 2.24) is 0 Å². The second kappa shape index (κ2) is 6.92. The van der Waals surface area contributed by atoms with Crippen LogP contribution in [-0.2, 0) is 4.79 Å². The average molecular weight is 362 g/mol. The standard InChI is InChI=1S/C15H21BrN2O.ClH/c1-10-12(16)7-5-8-13(10)18-14(19)11-6-3-4-9-15(11,2)17;/h5,7-8,11H,3-4,6,9,17H2,1-2H3,(H,18,19);1H. The number of halogens is 2. The average Bonchev–Trinajstić information content (AvgIpc) is 2.34. The SMILES string of the molecule is Cc1c(Br)cccc1NC(=O)C1CCCCC1(C)N.Cl. The van der Waals surface area contributed by atoms with Crippen molar-refractivity contribution in [3.63, 3.8) is 0 Å². The van der Waals surface area contributed by atoms with Crippen LogP contribution < -0.4 is 11.1 Å². The zero-order valence-electron chi connectivity index (χ0n) is 11.9. The van der Waals surface area contributed by atoms with E-state index in [1.807, 2.05) is 32.0 Å². The van der Waals surface area contributed by atoms with Crippen LogP contribution in [0.5, 0.6) is 0 Å². The Labute approximate surface area is 135 Å². The molecule has 0 saturated heterocycles. The fourth-order valence-corrected chi connectivity index (χ4v) is 3.12. The summed E-state index contributed by atoms with van der Waals surface area (Å²) in [5.41, 5.74) is 7.80. The van der Waals surface area contributed by atoms with E-state index in [0.29, 0.717) is 0 Å². The number of benzene rings is 1. The van der Waals surface area contributed by atoms with Gasteiger partial charge in [0.2, 0.25) is 5.91 Å².